The van der Waals surface area contributed by atoms with Crippen molar-refractivity contribution in [3.63, 3.8) is 0 Å². The lowest BCUT2D eigenvalue weighted by atomic mass is 10.3. The predicted octanol–water partition coefficient (Wildman–Crippen LogP) is 2.05. The van der Waals surface area contributed by atoms with Gasteiger partial charge in [-0.2, -0.15) is 4.99 Å². The molecule has 27 heavy (non-hydrogen) atoms. The summed E-state index contributed by atoms with van der Waals surface area (Å²) in [4.78, 5) is 35.8. The van der Waals surface area contributed by atoms with E-state index in [0.717, 1.165) is 0 Å². The van der Waals surface area contributed by atoms with Crippen molar-refractivity contribution in [2.24, 2.45) is 9.98 Å². The van der Waals surface area contributed by atoms with Crippen LogP contribution in [0, 0.1) is 0 Å². The van der Waals surface area contributed by atoms with Gasteiger partial charge in [0, 0.05) is 18.3 Å². The lowest BCUT2D eigenvalue weighted by molar-refractivity contribution is -0.140. The first-order valence-electron chi connectivity index (χ1n) is 8.33. The van der Waals surface area contributed by atoms with Gasteiger partial charge in [0.2, 0.25) is 11.9 Å². The molecule has 1 saturated heterocycles. The molecule has 1 aromatic rings. The molecule has 2 amide bonds. The maximum absolute atomic E-state index is 12.0. The van der Waals surface area contributed by atoms with Crippen molar-refractivity contribution in [2.45, 2.75) is 19.9 Å². The van der Waals surface area contributed by atoms with Crippen LogP contribution in [0.25, 0.3) is 0 Å². The minimum Gasteiger partial charge on any atom is -0.324 e. The molecule has 0 saturated carbocycles. The number of benzene rings is 1. The van der Waals surface area contributed by atoms with Crippen molar-refractivity contribution in [2.75, 3.05) is 32.5 Å². The summed E-state index contributed by atoms with van der Waals surface area (Å²) in [5.74, 6) is -0.988. The highest BCUT2D eigenvalue weighted by atomic mass is 35.5. The molecule has 0 aromatic heterocycles. The van der Waals surface area contributed by atoms with Crippen LogP contribution in [-0.4, -0.2) is 66.8 Å². The largest absolute Gasteiger partial charge is 0.324 e. The first kappa shape index (κ1) is 21.1. The molecule has 2 rings (SSSR count). The van der Waals surface area contributed by atoms with Gasteiger partial charge >= 0.3 is 11.8 Å². The number of likely N-dealkylation sites (N-methyl/N-ethyl adjacent to an activating group) is 1. The number of nitrogens with one attached hydrogen (secondary N) is 2. The molecule has 0 spiro atoms. The molecule has 1 aliphatic rings. The van der Waals surface area contributed by atoms with E-state index in [4.69, 9.17) is 23.2 Å². The van der Waals surface area contributed by atoms with E-state index in [1.54, 1.807) is 32.0 Å². The van der Waals surface area contributed by atoms with Gasteiger partial charge in [-0.3, -0.25) is 19.8 Å². The molecule has 1 heterocycles. The molecule has 0 radical (unpaired) electrons. The Kier molecular flexibility index (Phi) is 7.18. The third-order valence-electron chi connectivity index (χ3n) is 3.58. The standard InChI is InChI=1S/C17H22Cl2N6O2/c1-10(2)25-15(27)14(26)22-17(25)23-16(20-7-8-24(3)4)21-11-5-6-12(18)13(19)9-11/h5-6,9-10H,7-8H2,1-4H3,(H2,20,21,22,23,26). The first-order chi connectivity index (χ1) is 12.7. The van der Waals surface area contributed by atoms with E-state index in [9.17, 15) is 9.59 Å². The Hall–Kier alpha value is -2.16. The zero-order valence-electron chi connectivity index (χ0n) is 15.6. The zero-order chi connectivity index (χ0) is 20.1. The van der Waals surface area contributed by atoms with E-state index >= 15 is 0 Å². The fraction of sp³-hybridized carbons (Fsp3) is 0.412. The number of halogens is 2. The fourth-order valence-electron chi connectivity index (χ4n) is 2.24. The molecule has 146 valence electrons. The Labute approximate surface area is 168 Å². The van der Waals surface area contributed by atoms with Crippen LogP contribution in [0.15, 0.2) is 28.2 Å². The minimum atomic E-state index is -0.718. The monoisotopic (exact) mass is 412 g/mol. The second-order valence-electron chi connectivity index (χ2n) is 6.42. The van der Waals surface area contributed by atoms with Gasteiger partial charge in [0.25, 0.3) is 0 Å². The maximum Gasteiger partial charge on any atom is 0.319 e. The number of rotatable bonds is 5. The fourth-order valence-corrected chi connectivity index (χ4v) is 2.54. The normalized spacial score (nSPS) is 16.7. The van der Waals surface area contributed by atoms with Gasteiger partial charge in [0.1, 0.15) is 0 Å². The van der Waals surface area contributed by atoms with Crippen LogP contribution in [-0.2, 0) is 9.59 Å². The van der Waals surface area contributed by atoms with Gasteiger partial charge in [-0.05, 0) is 46.1 Å². The average Bonchev–Trinajstić information content (AvgIpc) is 2.84. The van der Waals surface area contributed by atoms with Gasteiger partial charge < -0.3 is 10.2 Å². The van der Waals surface area contributed by atoms with Crippen molar-refractivity contribution in [1.82, 2.24) is 15.1 Å². The minimum absolute atomic E-state index is 0.135. The van der Waals surface area contributed by atoms with Crippen LogP contribution in [0.3, 0.4) is 0 Å². The van der Waals surface area contributed by atoms with Crippen LogP contribution in [0.2, 0.25) is 10.0 Å². The van der Waals surface area contributed by atoms with Gasteiger partial charge in [0.05, 0.1) is 16.6 Å². The maximum atomic E-state index is 12.0. The summed E-state index contributed by atoms with van der Waals surface area (Å²) in [6, 6.07) is 4.79. The number of carbonyl (C=O) groups is 2. The highest BCUT2D eigenvalue weighted by Gasteiger charge is 2.37. The summed E-state index contributed by atoms with van der Waals surface area (Å²) < 4.78 is 0. The molecule has 1 fully saturated rings. The summed E-state index contributed by atoms with van der Waals surface area (Å²) in [7, 11) is 3.87. The van der Waals surface area contributed by atoms with E-state index in [1.165, 1.54) is 4.90 Å². The SMILES string of the molecule is CC(C)N1C(=O)C(=O)N/C1=N\C(=NCCN(C)C)Nc1ccc(Cl)c(Cl)c1. The molecule has 0 bridgehead atoms. The number of hydrogen-bond acceptors (Lipinski definition) is 4. The van der Waals surface area contributed by atoms with Crippen molar-refractivity contribution >= 4 is 52.6 Å². The van der Waals surface area contributed by atoms with Crippen molar-refractivity contribution < 1.29 is 9.59 Å². The number of hydrogen-bond donors (Lipinski definition) is 2. The number of aliphatic imine (C=N–C) groups is 2. The summed E-state index contributed by atoms with van der Waals surface area (Å²) in [5.41, 5.74) is 0.629. The summed E-state index contributed by atoms with van der Waals surface area (Å²) in [6.07, 6.45) is 0. The van der Waals surface area contributed by atoms with E-state index in [1.807, 2.05) is 19.0 Å². The molecule has 10 heteroatoms. The van der Waals surface area contributed by atoms with Gasteiger partial charge in [0.15, 0.2) is 0 Å². The Bertz CT molecular complexity index is 792. The second-order valence-corrected chi connectivity index (χ2v) is 7.24. The highest BCUT2D eigenvalue weighted by molar-refractivity contribution is 6.46. The van der Waals surface area contributed by atoms with Crippen LogP contribution in [0.5, 0.6) is 0 Å². The number of anilines is 1. The van der Waals surface area contributed by atoms with Crippen LogP contribution in [0.4, 0.5) is 5.69 Å². The van der Waals surface area contributed by atoms with Gasteiger partial charge in [-0.15, -0.1) is 0 Å². The summed E-state index contributed by atoms with van der Waals surface area (Å²) in [6.45, 7) is 4.76. The van der Waals surface area contributed by atoms with E-state index in [2.05, 4.69) is 20.6 Å². The summed E-state index contributed by atoms with van der Waals surface area (Å²) in [5, 5.41) is 6.34. The topological polar surface area (TPSA) is 89.4 Å². The molecule has 8 nitrogen and oxygen atoms in total. The van der Waals surface area contributed by atoms with Crippen LogP contribution < -0.4 is 10.6 Å². The predicted molar refractivity (Wildman–Crippen MR) is 109 cm³/mol. The number of nitrogens with zero attached hydrogens (tertiary/aromatic N) is 4. The number of carbonyl (C=O) groups excluding carboxylic acids is 2. The van der Waals surface area contributed by atoms with E-state index in [0.29, 0.717) is 28.8 Å². The number of guanidine groups is 2. The molecular weight excluding hydrogens is 391 g/mol. The van der Waals surface area contributed by atoms with Crippen molar-refractivity contribution in [3.8, 4) is 0 Å². The van der Waals surface area contributed by atoms with Crippen molar-refractivity contribution in [3.05, 3.63) is 28.2 Å². The first-order valence-corrected chi connectivity index (χ1v) is 9.09. The number of amides is 2. The Morgan fingerprint density at radius 1 is 1.26 bits per heavy atom. The second kappa shape index (κ2) is 9.16. The van der Waals surface area contributed by atoms with Gasteiger partial charge in [-0.25, -0.2) is 4.99 Å². The van der Waals surface area contributed by atoms with E-state index in [-0.39, 0.29) is 18.0 Å². The average molecular weight is 413 g/mol. The zero-order valence-corrected chi connectivity index (χ0v) is 17.1. The quantitative estimate of drug-likeness (QED) is 0.439. The molecule has 2 N–H and O–H groups in total. The Balaban J connectivity index is 2.32. The Morgan fingerprint density at radius 2 is 1.96 bits per heavy atom. The third-order valence-corrected chi connectivity index (χ3v) is 4.32. The van der Waals surface area contributed by atoms with E-state index < -0.39 is 11.8 Å². The van der Waals surface area contributed by atoms with Gasteiger partial charge in [-0.1, -0.05) is 23.2 Å². The Morgan fingerprint density at radius 3 is 2.56 bits per heavy atom. The molecule has 0 unspecified atom stereocenters. The molecule has 0 aliphatic carbocycles. The lowest BCUT2D eigenvalue weighted by Crippen LogP contribution is -2.39. The van der Waals surface area contributed by atoms with Crippen LogP contribution >= 0.6 is 23.2 Å². The highest BCUT2D eigenvalue weighted by Crippen LogP contribution is 2.25. The lowest BCUT2D eigenvalue weighted by Gasteiger charge is -2.19. The third kappa shape index (κ3) is 5.66. The molecule has 1 aromatic carbocycles. The smallest absolute Gasteiger partial charge is 0.319 e. The molecular formula is C17H22Cl2N6O2. The summed E-state index contributed by atoms with van der Waals surface area (Å²) >= 11 is 12.0. The van der Waals surface area contributed by atoms with Crippen molar-refractivity contribution in [1.29, 1.82) is 0 Å². The molecule has 1 aliphatic heterocycles. The van der Waals surface area contributed by atoms with Crippen LogP contribution in [0.1, 0.15) is 13.8 Å². The molecule has 0 atom stereocenters.